The van der Waals surface area contributed by atoms with E-state index in [1.807, 2.05) is 32.2 Å². The number of aromatic nitrogens is 2. The second-order valence-corrected chi connectivity index (χ2v) is 4.58. The number of hydrogen-bond acceptors (Lipinski definition) is 4. The minimum atomic E-state index is 0.730. The van der Waals surface area contributed by atoms with Crippen molar-refractivity contribution in [2.75, 3.05) is 14.2 Å². The number of ether oxygens (including phenoxy) is 1. The van der Waals surface area contributed by atoms with Crippen molar-refractivity contribution in [1.82, 2.24) is 15.5 Å². The van der Waals surface area contributed by atoms with Gasteiger partial charge in [0.05, 0.1) is 18.5 Å². The molecule has 100 valence electrons. The summed E-state index contributed by atoms with van der Waals surface area (Å²) in [4.78, 5) is 0. The van der Waals surface area contributed by atoms with Crippen LogP contribution in [0.25, 0.3) is 11.3 Å². The van der Waals surface area contributed by atoms with E-state index in [1.165, 1.54) is 0 Å². The molecule has 0 spiro atoms. The van der Waals surface area contributed by atoms with E-state index in [0.29, 0.717) is 0 Å². The molecule has 0 unspecified atom stereocenters. The number of rotatable bonds is 4. The Morgan fingerprint density at radius 1 is 1.11 bits per heavy atom. The molecule has 1 N–H and O–H groups in total. The van der Waals surface area contributed by atoms with Gasteiger partial charge in [0.2, 0.25) is 0 Å². The summed E-state index contributed by atoms with van der Waals surface area (Å²) in [5.41, 5.74) is 5.17. The van der Waals surface area contributed by atoms with Crippen molar-refractivity contribution >= 4 is 0 Å². The maximum absolute atomic E-state index is 5.32. The predicted molar refractivity (Wildman–Crippen MR) is 76.3 cm³/mol. The number of hydrogen-bond donors (Lipinski definition) is 1. The molecular weight excluding hydrogens is 238 g/mol. The van der Waals surface area contributed by atoms with Crippen LogP contribution in [0.4, 0.5) is 0 Å². The van der Waals surface area contributed by atoms with Gasteiger partial charge in [-0.15, -0.1) is 0 Å². The summed E-state index contributed by atoms with van der Waals surface area (Å²) in [6.45, 7) is 4.82. The van der Waals surface area contributed by atoms with Crippen molar-refractivity contribution in [3.8, 4) is 17.0 Å². The summed E-state index contributed by atoms with van der Waals surface area (Å²) >= 11 is 0. The molecule has 19 heavy (non-hydrogen) atoms. The van der Waals surface area contributed by atoms with Crippen molar-refractivity contribution in [2.24, 2.45) is 0 Å². The molecule has 2 rings (SSSR count). The van der Waals surface area contributed by atoms with Crippen molar-refractivity contribution in [3.63, 3.8) is 0 Å². The lowest BCUT2D eigenvalue weighted by atomic mass is 10.0. The minimum Gasteiger partial charge on any atom is -0.496 e. The Balaban J connectivity index is 2.38. The Bertz CT molecular complexity index is 564. The van der Waals surface area contributed by atoms with E-state index < -0.39 is 0 Å². The van der Waals surface area contributed by atoms with Crippen LogP contribution >= 0.6 is 0 Å². The zero-order valence-corrected chi connectivity index (χ0v) is 11.8. The van der Waals surface area contributed by atoms with Crippen LogP contribution in [0.2, 0.25) is 0 Å². The highest BCUT2D eigenvalue weighted by Crippen LogP contribution is 2.28. The van der Waals surface area contributed by atoms with Crippen LogP contribution in [0.1, 0.15) is 16.8 Å². The average Bonchev–Trinajstić information content (AvgIpc) is 2.42. The van der Waals surface area contributed by atoms with E-state index in [9.17, 15) is 0 Å². The normalized spacial score (nSPS) is 10.5. The first-order chi connectivity index (χ1) is 9.15. The van der Waals surface area contributed by atoms with Gasteiger partial charge in [-0.2, -0.15) is 10.2 Å². The number of aryl methyl sites for hydroxylation is 2. The smallest absolute Gasteiger partial charge is 0.122 e. The Morgan fingerprint density at radius 2 is 1.89 bits per heavy atom. The zero-order chi connectivity index (χ0) is 13.8. The minimum absolute atomic E-state index is 0.730. The van der Waals surface area contributed by atoms with Gasteiger partial charge in [0.1, 0.15) is 5.75 Å². The predicted octanol–water partition coefficient (Wildman–Crippen LogP) is 2.49. The Kier molecular flexibility index (Phi) is 4.12. The lowest BCUT2D eigenvalue weighted by Crippen LogP contribution is -2.07. The molecule has 0 radical (unpaired) electrons. The summed E-state index contributed by atoms with van der Waals surface area (Å²) in [6.07, 6.45) is 0. The zero-order valence-electron chi connectivity index (χ0n) is 11.8. The number of methoxy groups -OCH3 is 1. The Labute approximate surface area is 113 Å². The topological polar surface area (TPSA) is 47.0 Å². The SMILES string of the molecule is CNCc1ccc(-c2cc(C)c(OC)cc2C)nn1. The fraction of sp³-hybridized carbons (Fsp3) is 0.333. The first-order valence-electron chi connectivity index (χ1n) is 6.28. The van der Waals surface area contributed by atoms with Gasteiger partial charge >= 0.3 is 0 Å². The maximum Gasteiger partial charge on any atom is 0.122 e. The Hall–Kier alpha value is -1.94. The van der Waals surface area contributed by atoms with Crippen LogP contribution in [0.5, 0.6) is 5.75 Å². The molecule has 0 atom stereocenters. The molecule has 0 saturated heterocycles. The van der Waals surface area contributed by atoms with E-state index in [2.05, 4.69) is 28.5 Å². The molecule has 0 bridgehead atoms. The number of nitrogens with zero attached hydrogens (tertiary/aromatic N) is 2. The van der Waals surface area contributed by atoms with Crippen LogP contribution < -0.4 is 10.1 Å². The first kappa shape index (κ1) is 13.5. The summed E-state index contributed by atoms with van der Waals surface area (Å²) in [5.74, 6) is 0.904. The fourth-order valence-electron chi connectivity index (χ4n) is 2.06. The molecule has 0 saturated carbocycles. The molecule has 1 aromatic carbocycles. The van der Waals surface area contributed by atoms with Crippen LogP contribution in [-0.2, 0) is 6.54 Å². The summed E-state index contributed by atoms with van der Waals surface area (Å²) < 4.78 is 5.32. The molecule has 1 heterocycles. The second-order valence-electron chi connectivity index (χ2n) is 4.58. The van der Waals surface area contributed by atoms with Gasteiger partial charge in [-0.05, 0) is 56.3 Å². The van der Waals surface area contributed by atoms with Gasteiger partial charge in [-0.3, -0.25) is 0 Å². The molecule has 0 amide bonds. The van der Waals surface area contributed by atoms with Crippen molar-refractivity contribution < 1.29 is 4.74 Å². The quantitative estimate of drug-likeness (QED) is 0.914. The van der Waals surface area contributed by atoms with E-state index in [0.717, 1.165) is 40.4 Å². The van der Waals surface area contributed by atoms with E-state index in [4.69, 9.17) is 4.74 Å². The van der Waals surface area contributed by atoms with Crippen LogP contribution in [0.15, 0.2) is 24.3 Å². The van der Waals surface area contributed by atoms with Gasteiger partial charge in [0, 0.05) is 12.1 Å². The summed E-state index contributed by atoms with van der Waals surface area (Å²) in [6, 6.07) is 8.13. The highest BCUT2D eigenvalue weighted by atomic mass is 16.5. The van der Waals surface area contributed by atoms with Crippen molar-refractivity contribution in [1.29, 1.82) is 0 Å². The molecule has 0 aliphatic carbocycles. The molecule has 2 aromatic rings. The van der Waals surface area contributed by atoms with Gasteiger partial charge in [-0.1, -0.05) is 0 Å². The molecular formula is C15H19N3O. The third-order valence-corrected chi connectivity index (χ3v) is 3.10. The molecule has 4 heteroatoms. The first-order valence-corrected chi connectivity index (χ1v) is 6.28. The van der Waals surface area contributed by atoms with E-state index >= 15 is 0 Å². The molecule has 0 aliphatic heterocycles. The summed E-state index contributed by atoms with van der Waals surface area (Å²) in [7, 11) is 3.58. The Morgan fingerprint density at radius 3 is 2.47 bits per heavy atom. The average molecular weight is 257 g/mol. The molecule has 4 nitrogen and oxygen atoms in total. The van der Waals surface area contributed by atoms with Crippen molar-refractivity contribution in [2.45, 2.75) is 20.4 Å². The van der Waals surface area contributed by atoms with Gasteiger partial charge in [0.15, 0.2) is 0 Å². The van der Waals surface area contributed by atoms with E-state index in [1.54, 1.807) is 7.11 Å². The fourth-order valence-corrected chi connectivity index (χ4v) is 2.06. The third-order valence-electron chi connectivity index (χ3n) is 3.10. The van der Waals surface area contributed by atoms with Crippen LogP contribution in [0, 0.1) is 13.8 Å². The maximum atomic E-state index is 5.32. The summed E-state index contributed by atoms with van der Waals surface area (Å²) in [5, 5.41) is 11.6. The molecule has 0 aliphatic rings. The standard InChI is InChI=1S/C15H19N3O/c1-10-8-15(19-4)11(2)7-13(10)14-6-5-12(9-16-3)17-18-14/h5-8,16H,9H2,1-4H3. The van der Waals surface area contributed by atoms with Gasteiger partial charge in [-0.25, -0.2) is 0 Å². The highest BCUT2D eigenvalue weighted by molar-refractivity contribution is 5.66. The van der Waals surface area contributed by atoms with Crippen molar-refractivity contribution in [3.05, 3.63) is 41.1 Å². The highest BCUT2D eigenvalue weighted by Gasteiger charge is 2.08. The number of benzene rings is 1. The lowest BCUT2D eigenvalue weighted by molar-refractivity contribution is 0.411. The van der Waals surface area contributed by atoms with Gasteiger partial charge in [0.25, 0.3) is 0 Å². The van der Waals surface area contributed by atoms with E-state index in [-0.39, 0.29) is 0 Å². The molecule has 0 fully saturated rings. The molecule has 1 aromatic heterocycles. The monoisotopic (exact) mass is 257 g/mol. The van der Waals surface area contributed by atoms with Gasteiger partial charge < -0.3 is 10.1 Å². The van der Waals surface area contributed by atoms with Crippen LogP contribution in [0.3, 0.4) is 0 Å². The van der Waals surface area contributed by atoms with Crippen LogP contribution in [-0.4, -0.2) is 24.4 Å². The second kappa shape index (κ2) is 5.80. The lowest BCUT2D eigenvalue weighted by Gasteiger charge is -2.10. The third kappa shape index (κ3) is 2.90. The largest absolute Gasteiger partial charge is 0.496 e. The number of nitrogens with one attached hydrogen (secondary N) is 1.